The molecule has 2 aliphatic rings. The molecule has 2 aliphatic carbocycles. The van der Waals surface area contributed by atoms with Crippen molar-refractivity contribution in [2.24, 2.45) is 11.8 Å². The first-order chi connectivity index (χ1) is 9.87. The van der Waals surface area contributed by atoms with Gasteiger partial charge in [-0.05, 0) is 37.8 Å². The topological polar surface area (TPSA) is 86.5 Å². The van der Waals surface area contributed by atoms with Crippen LogP contribution in [0.2, 0.25) is 0 Å². The van der Waals surface area contributed by atoms with E-state index in [0.717, 1.165) is 5.56 Å². The van der Waals surface area contributed by atoms with Crippen LogP contribution in [-0.4, -0.2) is 25.5 Å². The predicted molar refractivity (Wildman–Crippen MR) is 74.9 cm³/mol. The van der Waals surface area contributed by atoms with Gasteiger partial charge in [-0.1, -0.05) is 17.7 Å². The molecule has 0 heterocycles. The average Bonchev–Trinajstić information content (AvgIpc) is 2.98. The van der Waals surface area contributed by atoms with Gasteiger partial charge in [-0.3, -0.25) is 14.3 Å². The van der Waals surface area contributed by atoms with Crippen LogP contribution in [0, 0.1) is 28.9 Å². The van der Waals surface area contributed by atoms with Gasteiger partial charge in [-0.25, -0.2) is 0 Å². The summed E-state index contributed by atoms with van der Waals surface area (Å²) in [5.74, 6) is -0.0751. The Morgan fingerprint density at radius 1 is 1.19 bits per heavy atom. The van der Waals surface area contributed by atoms with Crippen molar-refractivity contribution in [1.29, 1.82) is 0 Å². The molecule has 0 unspecified atom stereocenters. The lowest BCUT2D eigenvalue weighted by Crippen LogP contribution is -2.37. The van der Waals surface area contributed by atoms with Gasteiger partial charge in [0.1, 0.15) is 0 Å². The zero-order valence-electron chi connectivity index (χ0n) is 11.6. The molecule has 21 heavy (non-hydrogen) atoms. The highest BCUT2D eigenvalue weighted by molar-refractivity contribution is 7.86. The molecule has 0 radical (unpaired) electrons. The molecule has 0 spiro atoms. The SMILES string of the molecule is Cc1ccc(S(=O)(=O)O[C@@H]2C[C@@H]3C[C@H]2[C@H]([N+](=O)[O-])C3)cc1. The summed E-state index contributed by atoms with van der Waals surface area (Å²) in [5.41, 5.74) is 0.960. The van der Waals surface area contributed by atoms with E-state index in [9.17, 15) is 18.5 Å². The lowest BCUT2D eigenvalue weighted by Gasteiger charge is -2.24. The van der Waals surface area contributed by atoms with E-state index in [1.54, 1.807) is 12.1 Å². The van der Waals surface area contributed by atoms with E-state index < -0.39 is 22.3 Å². The third-order valence-corrected chi connectivity index (χ3v) is 5.90. The molecule has 0 N–H and O–H groups in total. The minimum atomic E-state index is -3.85. The van der Waals surface area contributed by atoms with Gasteiger partial charge in [-0.2, -0.15) is 8.42 Å². The van der Waals surface area contributed by atoms with Gasteiger partial charge in [-0.15, -0.1) is 0 Å². The lowest BCUT2D eigenvalue weighted by atomic mass is 9.93. The van der Waals surface area contributed by atoms with Gasteiger partial charge in [0.15, 0.2) is 0 Å². The summed E-state index contributed by atoms with van der Waals surface area (Å²) < 4.78 is 29.8. The summed E-state index contributed by atoms with van der Waals surface area (Å²) in [6, 6.07) is 5.75. The summed E-state index contributed by atoms with van der Waals surface area (Å²) in [4.78, 5) is 10.8. The number of rotatable bonds is 4. The number of hydrogen-bond donors (Lipinski definition) is 0. The minimum Gasteiger partial charge on any atom is -0.264 e. The predicted octanol–water partition coefficient (Wildman–Crippen LogP) is 2.14. The van der Waals surface area contributed by atoms with Gasteiger partial charge in [0, 0.05) is 11.3 Å². The zero-order chi connectivity index (χ0) is 15.2. The van der Waals surface area contributed by atoms with Crippen molar-refractivity contribution in [2.45, 2.75) is 43.2 Å². The van der Waals surface area contributed by atoms with E-state index in [4.69, 9.17) is 4.18 Å². The highest BCUT2D eigenvalue weighted by atomic mass is 32.2. The third kappa shape index (κ3) is 2.67. The quantitative estimate of drug-likeness (QED) is 0.483. The van der Waals surface area contributed by atoms with E-state index in [1.807, 2.05) is 6.92 Å². The molecule has 0 saturated heterocycles. The number of benzene rings is 1. The highest BCUT2D eigenvalue weighted by Gasteiger charge is 2.54. The standard InChI is InChI=1S/C14H17NO5S/c1-9-2-4-11(5-3-9)21(18,19)20-14-8-10-6-12(14)13(7-10)15(16)17/h2-5,10,12-14H,6-8H2,1H3/t10-,12+,13-,14-/m1/s1. The molecule has 2 fully saturated rings. The molecular weight excluding hydrogens is 294 g/mol. The van der Waals surface area contributed by atoms with Crippen LogP contribution >= 0.6 is 0 Å². The second-order valence-electron chi connectivity index (χ2n) is 5.99. The third-order valence-electron chi connectivity index (χ3n) is 4.55. The molecule has 114 valence electrons. The van der Waals surface area contributed by atoms with E-state index in [2.05, 4.69) is 0 Å². The van der Waals surface area contributed by atoms with Crippen LogP contribution in [-0.2, 0) is 14.3 Å². The second kappa shape index (κ2) is 5.06. The molecule has 0 amide bonds. The monoisotopic (exact) mass is 311 g/mol. The number of nitrogens with zero attached hydrogens (tertiary/aromatic N) is 1. The Bertz CT molecular complexity index is 654. The summed E-state index contributed by atoms with van der Waals surface area (Å²) in [5, 5.41) is 11.0. The van der Waals surface area contributed by atoms with E-state index in [1.165, 1.54) is 12.1 Å². The number of hydrogen-bond acceptors (Lipinski definition) is 5. The average molecular weight is 311 g/mol. The van der Waals surface area contributed by atoms with Crippen LogP contribution in [0.3, 0.4) is 0 Å². The fraction of sp³-hybridized carbons (Fsp3) is 0.571. The zero-order valence-corrected chi connectivity index (χ0v) is 12.5. The van der Waals surface area contributed by atoms with Crippen molar-refractivity contribution in [3.05, 3.63) is 39.9 Å². The molecule has 4 atom stereocenters. The van der Waals surface area contributed by atoms with Gasteiger partial charge in [0.2, 0.25) is 6.04 Å². The maximum atomic E-state index is 12.3. The fourth-order valence-corrected chi connectivity index (χ4v) is 4.65. The van der Waals surface area contributed by atoms with Crippen LogP contribution in [0.4, 0.5) is 0 Å². The number of fused-ring (bicyclic) bond motifs is 2. The van der Waals surface area contributed by atoms with Crippen LogP contribution in [0.25, 0.3) is 0 Å². The van der Waals surface area contributed by atoms with Gasteiger partial charge in [0.25, 0.3) is 10.1 Å². The summed E-state index contributed by atoms with van der Waals surface area (Å²) >= 11 is 0. The Morgan fingerprint density at radius 2 is 1.86 bits per heavy atom. The highest BCUT2D eigenvalue weighted by Crippen LogP contribution is 2.47. The number of nitro groups is 1. The normalized spacial score (nSPS) is 31.5. The minimum absolute atomic E-state index is 0.105. The molecule has 2 saturated carbocycles. The van der Waals surface area contributed by atoms with Gasteiger partial charge in [0.05, 0.1) is 16.9 Å². The molecule has 7 heteroatoms. The molecule has 0 aliphatic heterocycles. The Balaban J connectivity index is 1.77. The Morgan fingerprint density at radius 3 is 2.43 bits per heavy atom. The Hall–Kier alpha value is -1.47. The molecule has 3 rings (SSSR count). The van der Waals surface area contributed by atoms with Crippen LogP contribution < -0.4 is 0 Å². The molecule has 1 aromatic carbocycles. The Labute approximate surface area is 123 Å². The first-order valence-corrected chi connectivity index (χ1v) is 8.41. The maximum absolute atomic E-state index is 12.3. The van der Waals surface area contributed by atoms with Crippen LogP contribution in [0.1, 0.15) is 24.8 Å². The smallest absolute Gasteiger partial charge is 0.264 e. The van der Waals surface area contributed by atoms with Crippen LogP contribution in [0.15, 0.2) is 29.2 Å². The van der Waals surface area contributed by atoms with Crippen molar-refractivity contribution in [2.75, 3.05) is 0 Å². The van der Waals surface area contributed by atoms with Crippen molar-refractivity contribution in [3.63, 3.8) is 0 Å². The lowest BCUT2D eigenvalue weighted by molar-refractivity contribution is -0.532. The maximum Gasteiger partial charge on any atom is 0.297 e. The first-order valence-electron chi connectivity index (χ1n) is 7.00. The number of aryl methyl sites for hydroxylation is 1. The molecule has 1 aromatic rings. The van der Waals surface area contributed by atoms with E-state index in [0.29, 0.717) is 19.3 Å². The fourth-order valence-electron chi connectivity index (χ4n) is 3.53. The summed E-state index contributed by atoms with van der Waals surface area (Å²) in [6.07, 6.45) is 1.27. The summed E-state index contributed by atoms with van der Waals surface area (Å²) in [6.45, 7) is 1.87. The van der Waals surface area contributed by atoms with Gasteiger partial charge < -0.3 is 0 Å². The Kier molecular flexibility index (Phi) is 3.49. The molecule has 0 aromatic heterocycles. The largest absolute Gasteiger partial charge is 0.297 e. The molecule has 2 bridgehead atoms. The molecule has 6 nitrogen and oxygen atoms in total. The van der Waals surface area contributed by atoms with E-state index in [-0.39, 0.29) is 21.7 Å². The van der Waals surface area contributed by atoms with Crippen molar-refractivity contribution < 1.29 is 17.5 Å². The van der Waals surface area contributed by atoms with Crippen molar-refractivity contribution >= 4 is 10.1 Å². The second-order valence-corrected chi connectivity index (χ2v) is 7.56. The van der Waals surface area contributed by atoms with Crippen LogP contribution in [0.5, 0.6) is 0 Å². The van der Waals surface area contributed by atoms with E-state index >= 15 is 0 Å². The van der Waals surface area contributed by atoms with Crippen molar-refractivity contribution in [3.8, 4) is 0 Å². The molecular formula is C14H17NO5S. The van der Waals surface area contributed by atoms with Crippen molar-refractivity contribution in [1.82, 2.24) is 0 Å². The van der Waals surface area contributed by atoms with Gasteiger partial charge >= 0.3 is 0 Å². The summed E-state index contributed by atoms with van der Waals surface area (Å²) in [7, 11) is -3.85. The first kappa shape index (κ1) is 14.5.